The van der Waals surface area contributed by atoms with E-state index in [9.17, 15) is 14.7 Å². The van der Waals surface area contributed by atoms with Crippen molar-refractivity contribution in [2.45, 2.75) is 26.5 Å². The van der Waals surface area contributed by atoms with Crippen molar-refractivity contribution in [3.05, 3.63) is 65.6 Å². The minimum atomic E-state index is -0.309. The molecule has 0 unspecified atom stereocenters. The van der Waals surface area contributed by atoms with Crippen molar-refractivity contribution in [3.8, 4) is 5.75 Å². The van der Waals surface area contributed by atoms with Crippen molar-refractivity contribution in [1.82, 2.24) is 19.7 Å². The predicted octanol–water partition coefficient (Wildman–Crippen LogP) is 1.76. The quantitative estimate of drug-likeness (QED) is 0.614. The van der Waals surface area contributed by atoms with Gasteiger partial charge in [-0.25, -0.2) is 0 Å². The molecule has 8 nitrogen and oxygen atoms in total. The summed E-state index contributed by atoms with van der Waals surface area (Å²) in [6.45, 7) is 7.43. The second-order valence-electron chi connectivity index (χ2n) is 8.48. The summed E-state index contributed by atoms with van der Waals surface area (Å²) in [4.78, 5) is 36.8. The number of rotatable bonds is 8. The van der Waals surface area contributed by atoms with E-state index in [1.807, 2.05) is 55.1 Å². The van der Waals surface area contributed by atoms with E-state index in [4.69, 9.17) is 4.74 Å². The minimum Gasteiger partial charge on any atom is -0.491 e. The van der Waals surface area contributed by atoms with Crippen molar-refractivity contribution in [2.75, 3.05) is 39.3 Å². The molecule has 0 aliphatic carbocycles. The van der Waals surface area contributed by atoms with E-state index in [0.29, 0.717) is 42.2 Å². The Morgan fingerprint density at radius 2 is 1.73 bits per heavy atom. The van der Waals surface area contributed by atoms with Crippen LogP contribution in [0.25, 0.3) is 5.57 Å². The number of imide groups is 1. The molecule has 2 amide bonds. The molecular weight excluding hydrogens is 420 g/mol. The normalized spacial score (nSPS) is 17.5. The SMILES string of the molecule is CC(C)Oc1ccc(C2=C(N3CCN(CCO)CC3)C(=O)N(Cc3ccccn3)C2=O)cc1. The number of pyridine rings is 1. The van der Waals surface area contributed by atoms with Crippen molar-refractivity contribution in [3.63, 3.8) is 0 Å². The third-order valence-electron chi connectivity index (χ3n) is 5.81. The Bertz CT molecular complexity index is 1010. The molecule has 1 N–H and O–H groups in total. The number of benzene rings is 1. The lowest BCUT2D eigenvalue weighted by Gasteiger charge is -2.36. The number of nitrogens with zero attached hydrogens (tertiary/aromatic N) is 4. The molecule has 2 aliphatic rings. The monoisotopic (exact) mass is 450 g/mol. The lowest BCUT2D eigenvalue weighted by atomic mass is 10.0. The van der Waals surface area contributed by atoms with E-state index in [-0.39, 0.29) is 31.1 Å². The van der Waals surface area contributed by atoms with Crippen LogP contribution in [0, 0.1) is 0 Å². The second kappa shape index (κ2) is 10.1. The molecule has 1 fully saturated rings. The number of carbonyl (C=O) groups is 2. The van der Waals surface area contributed by atoms with Crippen molar-refractivity contribution < 1.29 is 19.4 Å². The molecule has 33 heavy (non-hydrogen) atoms. The average Bonchev–Trinajstić information content (AvgIpc) is 3.05. The molecule has 174 valence electrons. The van der Waals surface area contributed by atoms with Gasteiger partial charge in [-0.05, 0) is 43.7 Å². The van der Waals surface area contributed by atoms with Gasteiger partial charge in [0.2, 0.25) is 0 Å². The molecule has 1 saturated heterocycles. The number of β-amino-alcohol motifs (C(OH)–C–C–N with tert-alkyl or cyclic N) is 1. The number of hydrogen-bond acceptors (Lipinski definition) is 7. The van der Waals surface area contributed by atoms with Gasteiger partial charge in [0.15, 0.2) is 0 Å². The number of carbonyl (C=O) groups excluding carboxylic acids is 2. The molecule has 0 saturated carbocycles. The molecule has 0 radical (unpaired) electrons. The lowest BCUT2D eigenvalue weighted by molar-refractivity contribution is -0.138. The van der Waals surface area contributed by atoms with Crippen LogP contribution in [0.5, 0.6) is 5.75 Å². The molecule has 2 aromatic rings. The topological polar surface area (TPSA) is 86.2 Å². The fraction of sp³-hybridized carbons (Fsp3) is 0.400. The fourth-order valence-corrected chi connectivity index (χ4v) is 4.22. The van der Waals surface area contributed by atoms with E-state index in [0.717, 1.165) is 18.8 Å². The zero-order valence-electron chi connectivity index (χ0n) is 19.1. The first-order valence-corrected chi connectivity index (χ1v) is 11.3. The van der Waals surface area contributed by atoms with Crippen LogP contribution in [-0.4, -0.2) is 82.0 Å². The molecule has 1 aromatic heterocycles. The lowest BCUT2D eigenvalue weighted by Crippen LogP contribution is -2.48. The number of aliphatic hydroxyl groups is 1. The van der Waals surface area contributed by atoms with E-state index in [2.05, 4.69) is 9.88 Å². The smallest absolute Gasteiger partial charge is 0.278 e. The van der Waals surface area contributed by atoms with Crippen molar-refractivity contribution >= 4 is 17.4 Å². The van der Waals surface area contributed by atoms with Crippen LogP contribution >= 0.6 is 0 Å². The number of amides is 2. The Morgan fingerprint density at radius 3 is 2.33 bits per heavy atom. The van der Waals surface area contributed by atoms with Gasteiger partial charge in [-0.2, -0.15) is 0 Å². The molecule has 4 rings (SSSR count). The van der Waals surface area contributed by atoms with Crippen LogP contribution in [0.1, 0.15) is 25.1 Å². The maximum absolute atomic E-state index is 13.5. The van der Waals surface area contributed by atoms with Gasteiger partial charge in [-0.15, -0.1) is 0 Å². The molecule has 3 heterocycles. The van der Waals surface area contributed by atoms with Crippen LogP contribution in [0.3, 0.4) is 0 Å². The minimum absolute atomic E-state index is 0.0457. The molecule has 0 spiro atoms. The summed E-state index contributed by atoms with van der Waals surface area (Å²) >= 11 is 0. The summed E-state index contributed by atoms with van der Waals surface area (Å²) < 4.78 is 5.73. The molecule has 2 aliphatic heterocycles. The molecule has 0 bridgehead atoms. The van der Waals surface area contributed by atoms with Gasteiger partial charge in [0.25, 0.3) is 11.8 Å². The highest BCUT2D eigenvalue weighted by molar-refractivity contribution is 6.35. The number of aromatic nitrogens is 1. The maximum atomic E-state index is 13.5. The van der Waals surface area contributed by atoms with Crippen molar-refractivity contribution in [2.24, 2.45) is 0 Å². The van der Waals surface area contributed by atoms with Gasteiger partial charge in [-0.1, -0.05) is 18.2 Å². The van der Waals surface area contributed by atoms with E-state index in [1.165, 1.54) is 4.90 Å². The summed E-state index contributed by atoms with van der Waals surface area (Å²) in [6.07, 6.45) is 1.70. The Hall–Kier alpha value is -3.23. The fourth-order valence-electron chi connectivity index (χ4n) is 4.22. The molecule has 0 atom stereocenters. The van der Waals surface area contributed by atoms with Crippen molar-refractivity contribution in [1.29, 1.82) is 0 Å². The van der Waals surface area contributed by atoms with E-state index >= 15 is 0 Å². The van der Waals surface area contributed by atoms with Gasteiger partial charge in [0.1, 0.15) is 11.4 Å². The Kier molecular flexibility index (Phi) is 7.05. The number of piperazine rings is 1. The summed E-state index contributed by atoms with van der Waals surface area (Å²) in [7, 11) is 0. The second-order valence-corrected chi connectivity index (χ2v) is 8.48. The molecule has 1 aromatic carbocycles. The Labute approximate surface area is 194 Å². The van der Waals surface area contributed by atoms with Crippen LogP contribution in [0.4, 0.5) is 0 Å². The third-order valence-corrected chi connectivity index (χ3v) is 5.81. The first-order valence-electron chi connectivity index (χ1n) is 11.3. The predicted molar refractivity (Wildman–Crippen MR) is 124 cm³/mol. The average molecular weight is 451 g/mol. The van der Waals surface area contributed by atoms with E-state index < -0.39 is 0 Å². The number of hydrogen-bond donors (Lipinski definition) is 1. The largest absolute Gasteiger partial charge is 0.491 e. The highest BCUT2D eigenvalue weighted by Gasteiger charge is 2.42. The first-order chi connectivity index (χ1) is 16.0. The van der Waals surface area contributed by atoms with Crippen LogP contribution in [0.2, 0.25) is 0 Å². The van der Waals surface area contributed by atoms with Gasteiger partial charge < -0.3 is 14.7 Å². The summed E-state index contributed by atoms with van der Waals surface area (Å²) in [5.74, 6) is 0.116. The Morgan fingerprint density at radius 1 is 1.00 bits per heavy atom. The standard InChI is InChI=1S/C25H30N4O4/c1-18(2)33-21-8-6-19(7-9-21)22-23(28-13-11-27(12-14-28)15-16-30)25(32)29(24(22)31)17-20-5-3-4-10-26-20/h3-10,18,30H,11-17H2,1-2H3. The number of ether oxygens (including phenoxy) is 1. The van der Waals surface area contributed by atoms with E-state index in [1.54, 1.807) is 12.3 Å². The zero-order chi connectivity index (χ0) is 23.4. The molecule has 8 heteroatoms. The van der Waals surface area contributed by atoms with Crippen LogP contribution in [0.15, 0.2) is 54.4 Å². The maximum Gasteiger partial charge on any atom is 0.278 e. The highest BCUT2D eigenvalue weighted by atomic mass is 16.5. The highest BCUT2D eigenvalue weighted by Crippen LogP contribution is 2.33. The van der Waals surface area contributed by atoms with Gasteiger partial charge in [0.05, 0.1) is 30.5 Å². The Balaban J connectivity index is 1.65. The van der Waals surface area contributed by atoms with Crippen LogP contribution in [-0.2, 0) is 16.1 Å². The zero-order valence-corrected chi connectivity index (χ0v) is 19.1. The number of aliphatic hydroxyl groups excluding tert-OH is 1. The first kappa shape index (κ1) is 22.9. The summed E-state index contributed by atoms with van der Waals surface area (Å²) in [6, 6.07) is 12.8. The summed E-state index contributed by atoms with van der Waals surface area (Å²) in [5, 5.41) is 9.23. The van der Waals surface area contributed by atoms with Gasteiger partial charge in [0, 0.05) is 38.9 Å². The van der Waals surface area contributed by atoms with Gasteiger partial charge >= 0.3 is 0 Å². The van der Waals surface area contributed by atoms with Gasteiger partial charge in [-0.3, -0.25) is 24.4 Å². The molecular formula is C25H30N4O4. The third kappa shape index (κ3) is 5.07. The van der Waals surface area contributed by atoms with Crippen LogP contribution < -0.4 is 4.74 Å². The summed E-state index contributed by atoms with van der Waals surface area (Å²) in [5.41, 5.74) is 2.22.